The maximum atomic E-state index is 13.6. The molecule has 0 unspecified atom stereocenters. The monoisotopic (exact) mass is 659 g/mol. The zero-order chi connectivity index (χ0) is 26.3. The summed E-state index contributed by atoms with van der Waals surface area (Å²) in [5, 5.41) is 12.9. The third-order valence-corrected chi connectivity index (χ3v) is 9.68. The Balaban J connectivity index is 1.72. The summed E-state index contributed by atoms with van der Waals surface area (Å²) >= 11 is 19.1. The van der Waals surface area contributed by atoms with Gasteiger partial charge in [0.15, 0.2) is 5.78 Å². The second-order valence-electron chi connectivity index (χ2n) is 8.43. The van der Waals surface area contributed by atoms with E-state index in [-0.39, 0.29) is 36.5 Å². The average Bonchev–Trinajstić information content (AvgIpc) is 3.08. The summed E-state index contributed by atoms with van der Waals surface area (Å²) in [6.07, 6.45) is 0.741. The molecule has 0 spiro atoms. The van der Waals surface area contributed by atoms with Crippen molar-refractivity contribution in [3.63, 3.8) is 0 Å². The first-order valence-electron chi connectivity index (χ1n) is 10.7. The number of nitro benzene ring substituents is 1. The molecule has 3 amide bonds. The van der Waals surface area contributed by atoms with Crippen molar-refractivity contribution in [3.05, 3.63) is 73.8 Å². The predicted molar refractivity (Wildman–Crippen MR) is 138 cm³/mol. The second kappa shape index (κ2) is 10.6. The molecule has 4 rings (SSSR count). The van der Waals surface area contributed by atoms with Gasteiger partial charge in [0.05, 0.1) is 26.8 Å². The van der Waals surface area contributed by atoms with Crippen molar-refractivity contribution < 1.29 is 24.1 Å². The van der Waals surface area contributed by atoms with E-state index >= 15 is 0 Å². The van der Waals surface area contributed by atoms with Crippen molar-refractivity contribution in [2.45, 2.75) is 22.5 Å². The highest BCUT2D eigenvalue weighted by molar-refractivity contribution is 9.12. The number of carbonyl (C=O) groups is 4. The van der Waals surface area contributed by atoms with E-state index in [2.05, 4.69) is 31.9 Å². The molecule has 2 aliphatic rings. The van der Waals surface area contributed by atoms with Crippen LogP contribution >= 0.6 is 55.1 Å². The van der Waals surface area contributed by atoms with Crippen LogP contribution in [0.15, 0.2) is 42.5 Å². The topological polar surface area (TPSA) is 118 Å². The van der Waals surface area contributed by atoms with Gasteiger partial charge in [-0.3, -0.25) is 29.3 Å². The number of ketones is 1. The fraction of sp³-hybridized carbons (Fsp3) is 0.304. The average molecular weight is 662 g/mol. The standard InChI is InChI=1S/C23H17Br2Cl2N3O6/c24-16-8-14-15(9-17(16)25)23(34)29(22(14)33)28(21(32)12-4-5-18(26)19(27)7-12)10-20(31)11-2-1-3-13(6-11)30(35)36/h1-7,14-17H,8-10H2/t14-,15-,16-,17+/m1/s1. The fourth-order valence-corrected chi connectivity index (χ4v) is 5.88. The number of halogens is 4. The van der Waals surface area contributed by atoms with Crippen molar-refractivity contribution in [2.75, 3.05) is 6.54 Å². The lowest BCUT2D eigenvalue weighted by molar-refractivity contribution is -0.384. The normalized spacial score (nSPS) is 23.4. The molecule has 1 heterocycles. The number of fused-ring (bicyclic) bond motifs is 1. The van der Waals surface area contributed by atoms with Gasteiger partial charge in [-0.25, -0.2) is 5.01 Å². The summed E-state index contributed by atoms with van der Waals surface area (Å²) in [7, 11) is 0. The molecule has 188 valence electrons. The SMILES string of the molecule is O=C(CN(C(=O)c1ccc(Cl)c(Cl)c1)N1C(=O)[C@@H]2C[C@@H](Br)[C@@H](Br)C[C@H]2C1=O)c1cccc([N+](=O)[O-])c1. The van der Waals surface area contributed by atoms with Crippen LogP contribution in [0.25, 0.3) is 0 Å². The first kappa shape index (κ1) is 26.7. The Hall–Kier alpha value is -2.34. The number of hydrazine groups is 1. The molecular weight excluding hydrogens is 645 g/mol. The van der Waals surface area contributed by atoms with E-state index in [4.69, 9.17) is 23.2 Å². The van der Waals surface area contributed by atoms with Crippen LogP contribution in [0.5, 0.6) is 0 Å². The Labute approximate surface area is 232 Å². The Morgan fingerprint density at radius 1 is 0.972 bits per heavy atom. The van der Waals surface area contributed by atoms with Gasteiger partial charge < -0.3 is 0 Å². The van der Waals surface area contributed by atoms with Gasteiger partial charge in [0, 0.05) is 32.9 Å². The minimum absolute atomic E-state index is 0.00319. The molecule has 36 heavy (non-hydrogen) atoms. The van der Waals surface area contributed by atoms with Gasteiger partial charge >= 0.3 is 0 Å². The number of amides is 3. The summed E-state index contributed by atoms with van der Waals surface area (Å²) in [5.74, 6) is -4.01. The molecule has 4 atom stereocenters. The Morgan fingerprint density at radius 3 is 2.14 bits per heavy atom. The molecule has 2 aromatic rings. The van der Waals surface area contributed by atoms with Crippen LogP contribution in [0.1, 0.15) is 33.6 Å². The quantitative estimate of drug-likeness (QED) is 0.140. The van der Waals surface area contributed by atoms with E-state index in [0.29, 0.717) is 12.8 Å². The van der Waals surface area contributed by atoms with E-state index in [9.17, 15) is 29.3 Å². The minimum Gasteiger partial charge on any atom is -0.292 e. The van der Waals surface area contributed by atoms with Crippen LogP contribution in [0.2, 0.25) is 10.0 Å². The molecule has 2 fully saturated rings. The number of rotatable bonds is 6. The molecule has 0 radical (unpaired) electrons. The van der Waals surface area contributed by atoms with Crippen molar-refractivity contribution in [3.8, 4) is 0 Å². The summed E-state index contributed by atoms with van der Waals surface area (Å²) in [5.41, 5.74) is -0.355. The summed E-state index contributed by atoms with van der Waals surface area (Å²) in [6.45, 7) is -0.702. The van der Waals surface area contributed by atoms with Crippen LogP contribution in [0.3, 0.4) is 0 Å². The molecule has 2 aromatic carbocycles. The van der Waals surface area contributed by atoms with Crippen molar-refractivity contribution in [1.29, 1.82) is 0 Å². The van der Waals surface area contributed by atoms with Gasteiger partial charge in [-0.2, -0.15) is 5.01 Å². The summed E-state index contributed by atoms with van der Waals surface area (Å²) in [6, 6.07) is 9.01. The largest absolute Gasteiger partial charge is 0.292 e. The maximum Gasteiger partial charge on any atom is 0.273 e. The van der Waals surface area contributed by atoms with Gasteiger partial charge in [0.2, 0.25) is 0 Å². The maximum absolute atomic E-state index is 13.6. The number of benzene rings is 2. The summed E-state index contributed by atoms with van der Waals surface area (Å²) in [4.78, 5) is 63.9. The molecule has 0 aromatic heterocycles. The molecule has 13 heteroatoms. The van der Waals surface area contributed by atoms with Crippen LogP contribution in [0, 0.1) is 22.0 Å². The highest BCUT2D eigenvalue weighted by Crippen LogP contribution is 2.43. The van der Waals surface area contributed by atoms with Crippen LogP contribution < -0.4 is 0 Å². The smallest absolute Gasteiger partial charge is 0.273 e. The highest BCUT2D eigenvalue weighted by Gasteiger charge is 2.54. The zero-order valence-corrected chi connectivity index (χ0v) is 23.0. The number of imide groups is 1. The number of nitro groups is 1. The van der Waals surface area contributed by atoms with Crippen LogP contribution in [-0.4, -0.2) is 54.6 Å². The molecule has 1 saturated heterocycles. The zero-order valence-electron chi connectivity index (χ0n) is 18.3. The molecule has 1 aliphatic carbocycles. The van der Waals surface area contributed by atoms with E-state index in [1.165, 1.54) is 36.4 Å². The van der Waals surface area contributed by atoms with Gasteiger partial charge in [0.1, 0.15) is 6.54 Å². The number of alkyl halides is 2. The van der Waals surface area contributed by atoms with E-state index in [1.807, 2.05) is 0 Å². The Morgan fingerprint density at radius 2 is 1.58 bits per heavy atom. The number of hydrogen-bond donors (Lipinski definition) is 0. The number of non-ortho nitro benzene ring substituents is 1. The lowest BCUT2D eigenvalue weighted by Crippen LogP contribution is -2.52. The third kappa shape index (κ3) is 5.06. The molecule has 9 nitrogen and oxygen atoms in total. The number of carbonyl (C=O) groups excluding carboxylic acids is 4. The predicted octanol–water partition coefficient (Wildman–Crippen LogP) is 5.06. The van der Waals surface area contributed by atoms with Gasteiger partial charge in [-0.05, 0) is 31.0 Å². The number of Topliss-reactive ketones (excluding diaryl/α,β-unsaturated/α-hetero) is 1. The van der Waals surface area contributed by atoms with Gasteiger partial charge in [0.25, 0.3) is 23.4 Å². The van der Waals surface area contributed by atoms with Crippen LogP contribution in [-0.2, 0) is 9.59 Å². The van der Waals surface area contributed by atoms with E-state index in [0.717, 1.165) is 16.1 Å². The Bertz CT molecular complexity index is 1260. The number of nitrogens with zero attached hydrogens (tertiary/aromatic N) is 3. The molecule has 0 N–H and O–H groups in total. The number of hydrogen-bond acceptors (Lipinski definition) is 6. The minimum atomic E-state index is -0.821. The van der Waals surface area contributed by atoms with Crippen molar-refractivity contribution in [1.82, 2.24) is 10.0 Å². The Kier molecular flexibility index (Phi) is 7.84. The van der Waals surface area contributed by atoms with Crippen LogP contribution in [0.4, 0.5) is 5.69 Å². The summed E-state index contributed by atoms with van der Waals surface area (Å²) < 4.78 is 0. The third-order valence-electron chi connectivity index (χ3n) is 6.20. The molecule has 1 saturated carbocycles. The van der Waals surface area contributed by atoms with E-state index < -0.39 is 46.8 Å². The lowest BCUT2D eigenvalue weighted by atomic mass is 9.81. The van der Waals surface area contributed by atoms with Crippen molar-refractivity contribution >= 4 is 84.3 Å². The first-order valence-corrected chi connectivity index (χ1v) is 13.3. The van der Waals surface area contributed by atoms with Gasteiger partial charge in [-0.1, -0.05) is 67.2 Å². The lowest BCUT2D eigenvalue weighted by Gasteiger charge is -2.30. The highest BCUT2D eigenvalue weighted by atomic mass is 79.9. The molecule has 0 bridgehead atoms. The molecule has 1 aliphatic heterocycles. The second-order valence-corrected chi connectivity index (χ2v) is 11.6. The fourth-order valence-electron chi connectivity index (χ4n) is 4.35. The van der Waals surface area contributed by atoms with Gasteiger partial charge in [-0.15, -0.1) is 0 Å². The molecular formula is C23H17Br2Cl2N3O6. The first-order chi connectivity index (χ1) is 17.0. The van der Waals surface area contributed by atoms with E-state index in [1.54, 1.807) is 0 Å². The van der Waals surface area contributed by atoms with Crippen molar-refractivity contribution in [2.24, 2.45) is 11.8 Å².